The molecule has 2 rings (SSSR count). The molecular formula is C13H18FN3O2. The molecule has 1 saturated heterocycles. The average Bonchev–Trinajstić information content (AvgIpc) is 2.42. The SMILES string of the molecule is Nc1ccc(F)c(NC(=O)CCN2CCCCO2)c1. The Labute approximate surface area is 111 Å². The van der Waals surface area contributed by atoms with Gasteiger partial charge in [0.15, 0.2) is 0 Å². The van der Waals surface area contributed by atoms with E-state index in [-0.39, 0.29) is 18.0 Å². The van der Waals surface area contributed by atoms with Crippen LogP contribution in [0.3, 0.4) is 0 Å². The van der Waals surface area contributed by atoms with Gasteiger partial charge in [-0.25, -0.2) is 4.39 Å². The number of carbonyl (C=O) groups is 1. The molecule has 1 aliphatic rings. The molecule has 104 valence electrons. The third kappa shape index (κ3) is 4.18. The number of nitrogens with zero attached hydrogens (tertiary/aromatic N) is 1. The molecule has 0 unspecified atom stereocenters. The van der Waals surface area contributed by atoms with Gasteiger partial charge in [0.1, 0.15) is 5.82 Å². The number of hydroxylamine groups is 2. The Morgan fingerprint density at radius 2 is 2.32 bits per heavy atom. The molecule has 0 bridgehead atoms. The lowest BCUT2D eigenvalue weighted by molar-refractivity contribution is -0.181. The first kappa shape index (κ1) is 13.8. The minimum atomic E-state index is -0.489. The molecule has 1 amide bonds. The smallest absolute Gasteiger partial charge is 0.225 e. The summed E-state index contributed by atoms with van der Waals surface area (Å²) in [5.41, 5.74) is 6.08. The first-order valence-corrected chi connectivity index (χ1v) is 6.38. The summed E-state index contributed by atoms with van der Waals surface area (Å²) in [6, 6.07) is 4.09. The zero-order chi connectivity index (χ0) is 13.7. The molecule has 3 N–H and O–H groups in total. The van der Waals surface area contributed by atoms with Crippen molar-refractivity contribution in [2.75, 3.05) is 30.7 Å². The highest BCUT2D eigenvalue weighted by atomic mass is 19.1. The second-order valence-corrected chi connectivity index (χ2v) is 4.51. The lowest BCUT2D eigenvalue weighted by Gasteiger charge is -2.25. The van der Waals surface area contributed by atoms with Crippen LogP contribution in [0.2, 0.25) is 0 Å². The van der Waals surface area contributed by atoms with E-state index in [0.717, 1.165) is 19.4 Å². The molecule has 6 heteroatoms. The summed E-state index contributed by atoms with van der Waals surface area (Å²) in [4.78, 5) is 17.1. The molecule has 0 aliphatic carbocycles. The predicted octanol–water partition coefficient (Wildman–Crippen LogP) is 1.76. The van der Waals surface area contributed by atoms with Crippen molar-refractivity contribution in [1.82, 2.24) is 5.06 Å². The fourth-order valence-corrected chi connectivity index (χ4v) is 1.90. The quantitative estimate of drug-likeness (QED) is 0.816. The summed E-state index contributed by atoms with van der Waals surface area (Å²) in [6.07, 6.45) is 2.39. The number of nitrogens with one attached hydrogen (secondary N) is 1. The average molecular weight is 267 g/mol. The van der Waals surface area contributed by atoms with Crippen LogP contribution in [0.5, 0.6) is 0 Å². The van der Waals surface area contributed by atoms with Gasteiger partial charge in [0.2, 0.25) is 5.91 Å². The van der Waals surface area contributed by atoms with E-state index >= 15 is 0 Å². The summed E-state index contributed by atoms with van der Waals surface area (Å²) in [7, 11) is 0. The molecule has 1 heterocycles. The van der Waals surface area contributed by atoms with Crippen molar-refractivity contribution in [3.63, 3.8) is 0 Å². The predicted molar refractivity (Wildman–Crippen MR) is 70.8 cm³/mol. The minimum absolute atomic E-state index is 0.115. The normalized spacial score (nSPS) is 16.3. The number of anilines is 2. The number of benzene rings is 1. The summed E-state index contributed by atoms with van der Waals surface area (Å²) in [5.74, 6) is -0.740. The van der Waals surface area contributed by atoms with Crippen molar-refractivity contribution in [3.8, 4) is 0 Å². The van der Waals surface area contributed by atoms with E-state index in [1.807, 2.05) is 0 Å². The minimum Gasteiger partial charge on any atom is -0.399 e. The van der Waals surface area contributed by atoms with Crippen LogP contribution in [0.25, 0.3) is 0 Å². The molecule has 5 nitrogen and oxygen atoms in total. The van der Waals surface area contributed by atoms with E-state index in [4.69, 9.17) is 10.6 Å². The zero-order valence-electron chi connectivity index (χ0n) is 10.7. The van der Waals surface area contributed by atoms with Crippen LogP contribution >= 0.6 is 0 Å². The van der Waals surface area contributed by atoms with Crippen LogP contribution < -0.4 is 11.1 Å². The van der Waals surface area contributed by atoms with Crippen LogP contribution in [0.15, 0.2) is 18.2 Å². The highest BCUT2D eigenvalue weighted by molar-refractivity contribution is 5.91. The van der Waals surface area contributed by atoms with Crippen LogP contribution in [-0.2, 0) is 9.63 Å². The molecule has 19 heavy (non-hydrogen) atoms. The van der Waals surface area contributed by atoms with Gasteiger partial charge in [-0.15, -0.1) is 0 Å². The molecule has 0 aromatic heterocycles. The summed E-state index contributed by atoms with van der Waals surface area (Å²) in [6.45, 7) is 2.04. The molecule has 0 saturated carbocycles. The summed E-state index contributed by atoms with van der Waals surface area (Å²) >= 11 is 0. The van der Waals surface area contributed by atoms with Crippen molar-refractivity contribution >= 4 is 17.3 Å². The Morgan fingerprint density at radius 1 is 1.47 bits per heavy atom. The second-order valence-electron chi connectivity index (χ2n) is 4.51. The molecular weight excluding hydrogens is 249 g/mol. The first-order chi connectivity index (χ1) is 9.15. The molecule has 1 aromatic carbocycles. The van der Waals surface area contributed by atoms with Gasteiger partial charge in [-0.1, -0.05) is 0 Å². The Kier molecular flexibility index (Phi) is 4.70. The molecule has 0 radical (unpaired) electrons. The van der Waals surface area contributed by atoms with E-state index < -0.39 is 5.82 Å². The standard InChI is InChI=1S/C13H18FN3O2/c14-11-4-3-10(15)9-12(11)16-13(18)5-7-17-6-1-2-8-19-17/h3-4,9H,1-2,5-8,15H2,(H,16,18). The highest BCUT2D eigenvalue weighted by Gasteiger charge is 2.13. The Hall–Kier alpha value is -1.66. The van der Waals surface area contributed by atoms with Gasteiger partial charge in [-0.2, -0.15) is 5.06 Å². The highest BCUT2D eigenvalue weighted by Crippen LogP contribution is 2.17. The van der Waals surface area contributed by atoms with E-state index in [0.29, 0.717) is 18.8 Å². The molecule has 1 fully saturated rings. The maximum atomic E-state index is 13.4. The van der Waals surface area contributed by atoms with Gasteiger partial charge >= 0.3 is 0 Å². The van der Waals surface area contributed by atoms with Gasteiger partial charge in [-0.3, -0.25) is 9.63 Å². The molecule has 1 aliphatic heterocycles. The van der Waals surface area contributed by atoms with Gasteiger partial charge in [-0.05, 0) is 31.0 Å². The van der Waals surface area contributed by atoms with Crippen molar-refractivity contribution in [1.29, 1.82) is 0 Å². The van der Waals surface area contributed by atoms with Crippen molar-refractivity contribution < 1.29 is 14.0 Å². The number of hydrogen-bond acceptors (Lipinski definition) is 4. The maximum Gasteiger partial charge on any atom is 0.225 e. The Balaban J connectivity index is 1.81. The third-order valence-corrected chi connectivity index (χ3v) is 2.93. The number of hydrogen-bond donors (Lipinski definition) is 2. The number of carbonyl (C=O) groups excluding carboxylic acids is 1. The van der Waals surface area contributed by atoms with E-state index in [2.05, 4.69) is 5.32 Å². The van der Waals surface area contributed by atoms with Crippen molar-refractivity contribution in [2.24, 2.45) is 0 Å². The van der Waals surface area contributed by atoms with Gasteiger partial charge < -0.3 is 11.1 Å². The largest absolute Gasteiger partial charge is 0.399 e. The van der Waals surface area contributed by atoms with E-state index in [9.17, 15) is 9.18 Å². The van der Waals surface area contributed by atoms with Crippen LogP contribution in [-0.4, -0.2) is 30.7 Å². The van der Waals surface area contributed by atoms with Crippen molar-refractivity contribution in [3.05, 3.63) is 24.0 Å². The summed E-state index contributed by atoms with van der Waals surface area (Å²) in [5, 5.41) is 4.29. The molecule has 0 spiro atoms. The fraction of sp³-hybridized carbons (Fsp3) is 0.462. The maximum absolute atomic E-state index is 13.4. The number of rotatable bonds is 4. The number of amides is 1. The van der Waals surface area contributed by atoms with Crippen molar-refractivity contribution in [2.45, 2.75) is 19.3 Å². The zero-order valence-corrected chi connectivity index (χ0v) is 10.7. The third-order valence-electron chi connectivity index (χ3n) is 2.93. The van der Waals surface area contributed by atoms with Crippen LogP contribution in [0, 0.1) is 5.82 Å². The van der Waals surface area contributed by atoms with Gasteiger partial charge in [0, 0.05) is 25.2 Å². The fourth-order valence-electron chi connectivity index (χ4n) is 1.90. The van der Waals surface area contributed by atoms with Gasteiger partial charge in [0.05, 0.1) is 12.3 Å². The lowest BCUT2D eigenvalue weighted by Crippen LogP contribution is -2.32. The summed E-state index contributed by atoms with van der Waals surface area (Å²) < 4.78 is 13.4. The number of nitrogens with two attached hydrogens (primary N) is 1. The lowest BCUT2D eigenvalue weighted by atomic mass is 10.2. The Bertz CT molecular complexity index is 448. The first-order valence-electron chi connectivity index (χ1n) is 6.38. The molecule has 0 atom stereocenters. The van der Waals surface area contributed by atoms with E-state index in [1.165, 1.54) is 18.2 Å². The number of halogens is 1. The second kappa shape index (κ2) is 6.49. The monoisotopic (exact) mass is 267 g/mol. The topological polar surface area (TPSA) is 67.6 Å². The Morgan fingerprint density at radius 3 is 3.05 bits per heavy atom. The van der Waals surface area contributed by atoms with Gasteiger partial charge in [0.25, 0.3) is 0 Å². The number of nitrogen functional groups attached to an aromatic ring is 1. The van der Waals surface area contributed by atoms with Crippen LogP contribution in [0.4, 0.5) is 15.8 Å². The van der Waals surface area contributed by atoms with Crippen LogP contribution in [0.1, 0.15) is 19.3 Å². The van der Waals surface area contributed by atoms with E-state index in [1.54, 1.807) is 5.06 Å². The molecule has 1 aromatic rings.